The fraction of sp³-hybridized carbons (Fsp3) is 0.491. The third-order valence-corrected chi connectivity index (χ3v) is 15.5. The van der Waals surface area contributed by atoms with Crippen LogP contribution in [0.4, 0.5) is 0 Å². The normalized spacial score (nSPS) is 31.3. The summed E-state index contributed by atoms with van der Waals surface area (Å²) in [6, 6.07) is 22.4. The van der Waals surface area contributed by atoms with Gasteiger partial charge in [0.05, 0.1) is 35.6 Å². The van der Waals surface area contributed by atoms with Crippen molar-refractivity contribution in [3.63, 3.8) is 0 Å². The van der Waals surface area contributed by atoms with Gasteiger partial charge in [0.2, 0.25) is 12.6 Å². The van der Waals surface area contributed by atoms with Gasteiger partial charge in [0.1, 0.15) is 18.8 Å². The van der Waals surface area contributed by atoms with Gasteiger partial charge in [-0.1, -0.05) is 80.6 Å². The van der Waals surface area contributed by atoms with Crippen molar-refractivity contribution in [3.05, 3.63) is 119 Å². The zero-order valence-electron chi connectivity index (χ0n) is 45.0. The number of nitrogens with one attached hydrogen (secondary N) is 1. The van der Waals surface area contributed by atoms with Crippen LogP contribution in [0.2, 0.25) is 0 Å². The minimum Gasteiger partial charge on any atom is -0.456 e. The van der Waals surface area contributed by atoms with E-state index < -0.39 is 163 Å². The number of hydrogen-bond acceptors (Lipinski definition) is 21. The van der Waals surface area contributed by atoms with Gasteiger partial charge in [-0.05, 0) is 54.8 Å². The molecule has 3 aromatic rings. The quantitative estimate of drug-likeness (QED) is 0.120. The van der Waals surface area contributed by atoms with Crippen molar-refractivity contribution >= 4 is 53.5 Å². The van der Waals surface area contributed by atoms with Crippen LogP contribution in [-0.2, 0) is 85.7 Å². The van der Waals surface area contributed by atoms with Crippen molar-refractivity contribution < 1.29 is 100 Å². The fourth-order valence-corrected chi connectivity index (χ4v) is 12.1. The molecule has 422 valence electrons. The van der Waals surface area contributed by atoms with Crippen molar-refractivity contribution in [2.45, 2.75) is 148 Å². The van der Waals surface area contributed by atoms with Crippen molar-refractivity contribution in [2.75, 3.05) is 13.2 Å². The molecule has 0 radical (unpaired) electrons. The topological polar surface area (TPSA) is 287 Å². The number of aliphatic hydroxyl groups is 1. The maximum atomic E-state index is 16.6. The number of rotatable bonds is 15. The molecule has 2 saturated heterocycles. The van der Waals surface area contributed by atoms with E-state index in [1.807, 2.05) is 0 Å². The van der Waals surface area contributed by atoms with Crippen LogP contribution in [0.1, 0.15) is 107 Å². The first-order chi connectivity index (χ1) is 37.3. The summed E-state index contributed by atoms with van der Waals surface area (Å²) in [5.41, 5.74) is -7.92. The molecule has 4 fully saturated rings. The lowest BCUT2D eigenvalue weighted by Gasteiger charge is -2.68. The first-order valence-corrected chi connectivity index (χ1v) is 25.6. The van der Waals surface area contributed by atoms with Gasteiger partial charge in [-0.2, -0.15) is 0 Å². The lowest BCUT2D eigenvalue weighted by Crippen LogP contribution is -2.82. The van der Waals surface area contributed by atoms with Gasteiger partial charge in [0.15, 0.2) is 35.3 Å². The molecular formula is C57H63NO21. The number of benzene rings is 3. The summed E-state index contributed by atoms with van der Waals surface area (Å²) >= 11 is 0. The molecule has 8 rings (SSSR count). The Labute approximate surface area is 454 Å². The maximum Gasteiger partial charge on any atom is 0.338 e. The van der Waals surface area contributed by atoms with E-state index >= 15 is 9.59 Å². The smallest absolute Gasteiger partial charge is 0.338 e. The Kier molecular flexibility index (Phi) is 16.7. The zero-order chi connectivity index (χ0) is 57.4. The average Bonchev–Trinajstić information content (AvgIpc) is 1.96. The minimum atomic E-state index is -2.36. The molecule has 3 aromatic carbocycles. The van der Waals surface area contributed by atoms with Gasteiger partial charge >= 0.3 is 41.8 Å². The third kappa shape index (κ3) is 11.0. The van der Waals surface area contributed by atoms with E-state index in [9.17, 15) is 38.7 Å². The molecule has 2 N–H and O–H groups in total. The van der Waals surface area contributed by atoms with Crippen molar-refractivity contribution in [1.82, 2.24) is 5.32 Å². The summed E-state index contributed by atoms with van der Waals surface area (Å²) in [7, 11) is 0. The number of fused-ring (bicyclic) bond motifs is 5. The lowest BCUT2D eigenvalue weighted by atomic mass is 9.44. The number of esters is 7. The van der Waals surface area contributed by atoms with E-state index in [1.54, 1.807) is 80.6 Å². The molecule has 2 heterocycles. The van der Waals surface area contributed by atoms with Crippen LogP contribution in [0, 0.1) is 16.7 Å². The standard InChI is InChI=1S/C57H63NO21/c1-29-38(74-51(68)44(64)43(35-19-13-10-14-20-35)58-49(66)36-21-15-11-16-22-36)26-57(79-34(6)63)48(77-50(67)37-23-17-12-18-24-37)46-55(9,47(65)45(72-31(3)60)42(29)54(57,7)8)39(25-40-56(46,28-70-40)78-33(5)62)75-52-53(73-32(4)61)76-41(27-69-52)71-30(2)59/h10-24,38-41,43-46,48,52-53,64H,25-28H2,1-9H3,(H,58,66)/t38-,39-,40+,41?,43-,44+,45+,46-,48-,52-,53?,55+,56-,57+/m0/s1. The number of Topliss-reactive ketones (excluding diaryl/α,β-unsaturated/α-hetero) is 1. The zero-order valence-corrected chi connectivity index (χ0v) is 45.0. The average molecular weight is 1100 g/mol. The van der Waals surface area contributed by atoms with Crippen LogP contribution in [0.3, 0.4) is 0 Å². The molecule has 1 amide bonds. The van der Waals surface area contributed by atoms with E-state index in [0.717, 1.165) is 34.6 Å². The van der Waals surface area contributed by atoms with E-state index in [-0.39, 0.29) is 28.7 Å². The highest BCUT2D eigenvalue weighted by atomic mass is 16.8. The van der Waals surface area contributed by atoms with E-state index in [1.165, 1.54) is 38.1 Å². The second-order valence-corrected chi connectivity index (χ2v) is 20.9. The van der Waals surface area contributed by atoms with Gasteiger partial charge < -0.3 is 57.8 Å². The molecule has 14 atom stereocenters. The van der Waals surface area contributed by atoms with Crippen LogP contribution in [0.5, 0.6) is 0 Å². The van der Waals surface area contributed by atoms with Gasteiger partial charge in [-0.25, -0.2) is 9.59 Å². The van der Waals surface area contributed by atoms with Gasteiger partial charge in [-0.15, -0.1) is 0 Å². The summed E-state index contributed by atoms with van der Waals surface area (Å²) in [6.07, 6.45) is -16.3. The predicted molar refractivity (Wildman–Crippen MR) is 268 cm³/mol. The molecule has 0 spiro atoms. The van der Waals surface area contributed by atoms with Crippen LogP contribution in [0.15, 0.2) is 102 Å². The Morgan fingerprint density at radius 1 is 0.684 bits per heavy atom. The SMILES string of the molecule is CC(=O)OC1CO[C@@H](O[C@H]2C[C@H]3OC[C@@]3(OC(C)=O)[C@H]3[C@H](OC(=O)c4ccccc4)[C@]4(OC(C)=O)C[C@H](OC(=O)[C@H](O)[C@@H](NC(=O)c5ccccc5)c5ccccc5)C(C)=C([C@@H](OC(C)=O)C(=O)[C@]23C)C4(C)C)C(OC(C)=O)O1. The van der Waals surface area contributed by atoms with Gasteiger partial charge in [-0.3, -0.25) is 38.3 Å². The number of carbonyl (C=O) groups is 9. The maximum absolute atomic E-state index is 16.6. The molecule has 0 aromatic heterocycles. The molecule has 5 aliphatic rings. The highest BCUT2D eigenvalue weighted by Gasteiger charge is 2.80. The molecule has 3 aliphatic carbocycles. The summed E-state index contributed by atoms with van der Waals surface area (Å²) in [5, 5.41) is 14.8. The number of hydrogen-bond donors (Lipinski definition) is 2. The van der Waals surface area contributed by atoms with E-state index in [4.69, 9.17) is 52.1 Å². The first-order valence-electron chi connectivity index (χ1n) is 25.6. The van der Waals surface area contributed by atoms with E-state index in [2.05, 4.69) is 5.32 Å². The van der Waals surface area contributed by atoms with Crippen LogP contribution in [0.25, 0.3) is 0 Å². The molecule has 2 bridgehead atoms. The Hall–Kier alpha value is -7.37. The van der Waals surface area contributed by atoms with Crippen LogP contribution in [-0.4, -0.2) is 138 Å². The van der Waals surface area contributed by atoms with Crippen LogP contribution < -0.4 is 5.32 Å². The van der Waals surface area contributed by atoms with Crippen molar-refractivity contribution in [1.29, 1.82) is 0 Å². The molecule has 2 unspecified atom stereocenters. The number of ether oxygens (including phenoxy) is 11. The molecule has 79 heavy (non-hydrogen) atoms. The molecule has 2 aliphatic heterocycles. The van der Waals surface area contributed by atoms with Gasteiger partial charge in [0.25, 0.3) is 12.2 Å². The van der Waals surface area contributed by atoms with E-state index in [0.29, 0.717) is 5.56 Å². The largest absolute Gasteiger partial charge is 0.456 e. The fourth-order valence-electron chi connectivity index (χ4n) is 12.1. The molecular weight excluding hydrogens is 1030 g/mol. The number of aliphatic hydroxyl groups excluding tert-OH is 1. The molecule has 22 heteroatoms. The Morgan fingerprint density at radius 3 is 1.82 bits per heavy atom. The summed E-state index contributed by atoms with van der Waals surface area (Å²) in [4.78, 5) is 126. The van der Waals surface area contributed by atoms with Gasteiger partial charge in [0, 0.05) is 58.4 Å². The molecule has 22 nitrogen and oxygen atoms in total. The Balaban J connectivity index is 1.35. The first kappa shape index (κ1) is 57.8. The van der Waals surface area contributed by atoms with Crippen molar-refractivity contribution in [3.8, 4) is 0 Å². The number of carbonyl (C=O) groups excluding carboxylic acids is 9. The number of amides is 1. The summed E-state index contributed by atoms with van der Waals surface area (Å²) < 4.78 is 67.6. The Bertz CT molecular complexity index is 2890. The van der Waals surface area contributed by atoms with Crippen molar-refractivity contribution in [2.24, 2.45) is 16.7 Å². The summed E-state index contributed by atoms with van der Waals surface area (Å²) in [6.45, 7) is 10.5. The Morgan fingerprint density at radius 2 is 1.27 bits per heavy atom. The number of ketones is 1. The highest BCUT2D eigenvalue weighted by molar-refractivity contribution is 5.96. The predicted octanol–water partition coefficient (Wildman–Crippen LogP) is 4.48. The minimum absolute atomic E-state index is 0.0182. The second kappa shape index (κ2) is 22.8. The van der Waals surface area contributed by atoms with Crippen LogP contribution >= 0.6 is 0 Å². The second-order valence-electron chi connectivity index (χ2n) is 20.9. The monoisotopic (exact) mass is 1100 g/mol. The highest BCUT2D eigenvalue weighted by Crippen LogP contribution is 2.66. The summed E-state index contributed by atoms with van der Waals surface area (Å²) in [5.74, 6) is -10.2. The molecule has 2 saturated carbocycles. The lowest BCUT2D eigenvalue weighted by molar-refractivity contribution is -0.394. The third-order valence-electron chi connectivity index (χ3n) is 15.5.